The van der Waals surface area contributed by atoms with Gasteiger partial charge >= 0.3 is 12.0 Å². The van der Waals surface area contributed by atoms with Crippen LogP contribution in [0.1, 0.15) is 22.7 Å². The van der Waals surface area contributed by atoms with E-state index in [1.165, 1.54) is 7.11 Å². The maximum atomic E-state index is 13.8. The van der Waals surface area contributed by atoms with Crippen LogP contribution in [0.25, 0.3) is 0 Å². The van der Waals surface area contributed by atoms with Crippen LogP contribution in [0, 0.1) is 13.8 Å². The number of alkyl halides is 2. The molecule has 1 aromatic carbocycles. The summed E-state index contributed by atoms with van der Waals surface area (Å²) in [5.74, 6) is -2.48. The van der Waals surface area contributed by atoms with Gasteiger partial charge in [0.2, 0.25) is 0 Å². The normalized spacial score (nSPS) is 21.5. The molecule has 0 aliphatic carbocycles. The fourth-order valence-corrected chi connectivity index (χ4v) is 2.31. The van der Waals surface area contributed by atoms with Gasteiger partial charge in [-0.2, -0.15) is 0 Å². The predicted octanol–water partition coefficient (Wildman–Crippen LogP) is 2.73. The van der Waals surface area contributed by atoms with Crippen molar-refractivity contribution in [3.05, 3.63) is 28.8 Å². The van der Waals surface area contributed by atoms with Gasteiger partial charge in [0.05, 0.1) is 7.11 Å². The Bertz CT molecular complexity index is 494. The summed E-state index contributed by atoms with van der Waals surface area (Å²) in [6, 6.07) is 1.81. The summed E-state index contributed by atoms with van der Waals surface area (Å²) in [7, 11) is 1.53. The molecule has 1 amide bonds. The molecule has 0 unspecified atom stereocenters. The Kier molecular flexibility index (Phi) is 3.34. The largest absolute Gasteiger partial charge is 0.496 e. The third kappa shape index (κ3) is 2.47. The zero-order chi connectivity index (χ0) is 14.2. The van der Waals surface area contributed by atoms with E-state index in [-0.39, 0.29) is 0 Å². The van der Waals surface area contributed by atoms with Crippen molar-refractivity contribution in [1.82, 2.24) is 5.32 Å². The third-order valence-corrected chi connectivity index (χ3v) is 3.10. The van der Waals surface area contributed by atoms with Crippen molar-refractivity contribution in [2.45, 2.75) is 25.8 Å². The molecule has 1 aliphatic heterocycles. The van der Waals surface area contributed by atoms with Crippen LogP contribution in [-0.2, 0) is 4.74 Å². The van der Waals surface area contributed by atoms with E-state index in [1.807, 2.05) is 0 Å². The molecule has 4 nitrogen and oxygen atoms in total. The Hall–Kier alpha value is -1.85. The van der Waals surface area contributed by atoms with Gasteiger partial charge in [-0.05, 0) is 30.5 Å². The molecule has 1 fully saturated rings. The zero-order valence-corrected chi connectivity index (χ0v) is 10.9. The van der Waals surface area contributed by atoms with Crippen LogP contribution in [0.3, 0.4) is 0 Å². The van der Waals surface area contributed by atoms with Gasteiger partial charge in [0, 0.05) is 0 Å². The molecular weight excluding hydrogens is 256 g/mol. The number of nitrogens with one attached hydrogen (secondary N) is 1. The minimum atomic E-state index is -3.14. The standard InChI is InChI=1S/C13H15F2NO3/c1-7-4-9(5-8(2)10(7)18-3)11-13(14,15)6-19-12(17)16-11/h4-5,11H,6H2,1-3H3,(H,16,17)/t11-/m1/s1. The van der Waals surface area contributed by atoms with Crippen molar-refractivity contribution in [3.63, 3.8) is 0 Å². The van der Waals surface area contributed by atoms with E-state index >= 15 is 0 Å². The molecule has 1 N–H and O–H groups in total. The average Bonchev–Trinajstić information content (AvgIpc) is 2.32. The van der Waals surface area contributed by atoms with Crippen molar-refractivity contribution >= 4 is 6.09 Å². The first-order valence-corrected chi connectivity index (χ1v) is 5.81. The number of halogens is 2. The summed E-state index contributed by atoms with van der Waals surface area (Å²) in [6.45, 7) is 2.64. The number of methoxy groups -OCH3 is 1. The van der Waals surface area contributed by atoms with Crippen LogP contribution in [0.5, 0.6) is 5.75 Å². The lowest BCUT2D eigenvalue weighted by molar-refractivity contribution is -0.104. The van der Waals surface area contributed by atoms with Crippen molar-refractivity contribution in [2.75, 3.05) is 13.7 Å². The fraction of sp³-hybridized carbons (Fsp3) is 0.462. The van der Waals surface area contributed by atoms with E-state index in [9.17, 15) is 13.6 Å². The second-order valence-electron chi connectivity index (χ2n) is 4.60. The summed E-state index contributed by atoms with van der Waals surface area (Å²) < 4.78 is 37.1. The summed E-state index contributed by atoms with van der Waals surface area (Å²) >= 11 is 0. The highest BCUT2D eigenvalue weighted by Gasteiger charge is 2.46. The molecule has 0 spiro atoms. The number of rotatable bonds is 2. The van der Waals surface area contributed by atoms with E-state index in [1.54, 1.807) is 26.0 Å². The van der Waals surface area contributed by atoms with Gasteiger partial charge in [-0.3, -0.25) is 0 Å². The molecule has 2 rings (SSSR count). The highest BCUT2D eigenvalue weighted by Crippen LogP contribution is 2.37. The quantitative estimate of drug-likeness (QED) is 0.899. The first-order valence-electron chi connectivity index (χ1n) is 5.81. The molecule has 1 aliphatic rings. The Morgan fingerprint density at radius 3 is 2.47 bits per heavy atom. The maximum Gasteiger partial charge on any atom is 0.408 e. The zero-order valence-electron chi connectivity index (χ0n) is 10.9. The number of amides is 1. The number of aryl methyl sites for hydroxylation is 2. The van der Waals surface area contributed by atoms with Crippen LogP contribution in [0.15, 0.2) is 12.1 Å². The number of hydrogen-bond acceptors (Lipinski definition) is 3. The number of benzene rings is 1. The highest BCUT2D eigenvalue weighted by atomic mass is 19.3. The molecule has 0 bridgehead atoms. The SMILES string of the molecule is COc1c(C)cc([C@H]2NC(=O)OCC2(F)F)cc1C. The number of cyclic esters (lactones) is 1. The monoisotopic (exact) mass is 271 g/mol. The van der Waals surface area contributed by atoms with Gasteiger partial charge in [0.15, 0.2) is 6.61 Å². The number of ether oxygens (including phenoxy) is 2. The number of carbonyl (C=O) groups excluding carboxylic acids is 1. The topological polar surface area (TPSA) is 47.6 Å². The first-order chi connectivity index (χ1) is 8.85. The van der Waals surface area contributed by atoms with Gasteiger partial charge in [-0.1, -0.05) is 12.1 Å². The first kappa shape index (κ1) is 13.6. The van der Waals surface area contributed by atoms with Gasteiger partial charge < -0.3 is 14.8 Å². The van der Waals surface area contributed by atoms with E-state index < -0.39 is 24.7 Å². The minimum Gasteiger partial charge on any atom is -0.496 e. The molecule has 1 heterocycles. The van der Waals surface area contributed by atoms with Crippen LogP contribution >= 0.6 is 0 Å². The fourth-order valence-electron chi connectivity index (χ4n) is 2.31. The molecule has 104 valence electrons. The van der Waals surface area contributed by atoms with E-state index in [0.29, 0.717) is 11.3 Å². The molecule has 19 heavy (non-hydrogen) atoms. The van der Waals surface area contributed by atoms with Crippen molar-refractivity contribution < 1.29 is 23.0 Å². The lowest BCUT2D eigenvalue weighted by atomic mass is 9.96. The molecule has 0 radical (unpaired) electrons. The van der Waals surface area contributed by atoms with Crippen LogP contribution < -0.4 is 10.1 Å². The van der Waals surface area contributed by atoms with Crippen LogP contribution in [0.4, 0.5) is 13.6 Å². The molecule has 1 aromatic rings. The minimum absolute atomic E-state index is 0.345. The Balaban J connectivity index is 2.43. The smallest absolute Gasteiger partial charge is 0.408 e. The summed E-state index contributed by atoms with van der Waals surface area (Å²) in [5, 5.41) is 2.16. The van der Waals surface area contributed by atoms with Crippen molar-refractivity contribution in [3.8, 4) is 5.75 Å². The third-order valence-electron chi connectivity index (χ3n) is 3.10. The van der Waals surface area contributed by atoms with Gasteiger partial charge in [-0.25, -0.2) is 13.6 Å². The molecular formula is C13H15F2NO3. The lowest BCUT2D eigenvalue weighted by Crippen LogP contribution is -2.49. The Morgan fingerprint density at radius 2 is 1.95 bits per heavy atom. The lowest BCUT2D eigenvalue weighted by Gasteiger charge is -2.32. The average molecular weight is 271 g/mol. The van der Waals surface area contributed by atoms with Gasteiger partial charge in [0.25, 0.3) is 0 Å². The van der Waals surface area contributed by atoms with Gasteiger partial charge in [-0.15, -0.1) is 0 Å². The van der Waals surface area contributed by atoms with E-state index in [4.69, 9.17) is 4.74 Å². The van der Waals surface area contributed by atoms with Crippen molar-refractivity contribution in [1.29, 1.82) is 0 Å². The number of hydrogen-bond donors (Lipinski definition) is 1. The summed E-state index contributed by atoms with van der Waals surface area (Å²) in [4.78, 5) is 11.1. The van der Waals surface area contributed by atoms with Crippen LogP contribution in [0.2, 0.25) is 0 Å². The predicted molar refractivity (Wildman–Crippen MR) is 64.6 cm³/mol. The summed E-state index contributed by atoms with van der Waals surface area (Å²) in [6.07, 6.45) is -0.831. The second kappa shape index (κ2) is 4.68. The molecule has 0 aromatic heterocycles. The van der Waals surface area contributed by atoms with Crippen LogP contribution in [-0.4, -0.2) is 25.7 Å². The second-order valence-corrected chi connectivity index (χ2v) is 4.60. The van der Waals surface area contributed by atoms with Crippen molar-refractivity contribution in [2.24, 2.45) is 0 Å². The van der Waals surface area contributed by atoms with Gasteiger partial charge in [0.1, 0.15) is 11.8 Å². The molecule has 1 saturated heterocycles. The number of carbonyl (C=O) groups is 1. The molecule has 6 heteroatoms. The highest BCUT2D eigenvalue weighted by molar-refractivity contribution is 5.69. The molecule has 0 saturated carbocycles. The molecule has 1 atom stereocenters. The maximum absolute atomic E-state index is 13.8. The summed E-state index contributed by atoms with van der Waals surface area (Å²) in [5.41, 5.74) is 1.83. The Morgan fingerprint density at radius 1 is 1.37 bits per heavy atom. The Labute approximate surface area is 109 Å². The van der Waals surface area contributed by atoms with E-state index in [2.05, 4.69) is 10.1 Å². The van der Waals surface area contributed by atoms with E-state index in [0.717, 1.165) is 11.1 Å². The number of alkyl carbamates (subject to hydrolysis) is 1.